The van der Waals surface area contributed by atoms with Gasteiger partial charge in [-0.25, -0.2) is 14.1 Å². The molecule has 5 aromatic rings. The quantitative estimate of drug-likeness (QED) is 0.415. The van der Waals surface area contributed by atoms with Crippen LogP contribution in [0.1, 0.15) is 36.1 Å². The van der Waals surface area contributed by atoms with Crippen molar-refractivity contribution in [1.82, 2.24) is 35.0 Å². The van der Waals surface area contributed by atoms with E-state index in [-0.39, 0.29) is 11.7 Å². The van der Waals surface area contributed by atoms with E-state index in [2.05, 4.69) is 25.9 Å². The second-order valence-corrected chi connectivity index (χ2v) is 8.66. The molecule has 9 nitrogen and oxygen atoms in total. The minimum Gasteiger partial charge on any atom is -0.319 e. The summed E-state index contributed by atoms with van der Waals surface area (Å²) in [6.07, 6.45) is 1.62. The Morgan fingerprint density at radius 2 is 2.06 bits per heavy atom. The van der Waals surface area contributed by atoms with Crippen LogP contribution < -0.4 is 5.32 Å². The number of pyridine rings is 1. The maximum absolute atomic E-state index is 14.6. The Bertz CT molecular complexity index is 1470. The van der Waals surface area contributed by atoms with Crippen molar-refractivity contribution < 1.29 is 9.18 Å². The molecule has 1 aromatic carbocycles. The highest BCUT2D eigenvalue weighted by Crippen LogP contribution is 2.30. The van der Waals surface area contributed by atoms with Gasteiger partial charge >= 0.3 is 0 Å². The van der Waals surface area contributed by atoms with E-state index in [4.69, 9.17) is 4.98 Å². The summed E-state index contributed by atoms with van der Waals surface area (Å²) in [6.45, 7) is 5.72. The Hall–Kier alpha value is -3.99. The molecule has 0 radical (unpaired) electrons. The lowest BCUT2D eigenvalue weighted by molar-refractivity contribution is 0.102. The van der Waals surface area contributed by atoms with E-state index in [0.717, 1.165) is 4.88 Å². The van der Waals surface area contributed by atoms with Gasteiger partial charge in [0.05, 0.1) is 39.1 Å². The topological polar surface area (TPSA) is 103 Å². The first kappa shape index (κ1) is 20.9. The predicted molar refractivity (Wildman–Crippen MR) is 123 cm³/mol. The normalized spacial score (nSPS) is 11.4. The molecule has 33 heavy (non-hydrogen) atoms. The Labute approximate surface area is 191 Å². The molecule has 0 aliphatic heterocycles. The number of tetrazole rings is 1. The zero-order valence-corrected chi connectivity index (χ0v) is 18.8. The number of hydrogen-bond acceptors (Lipinski definition) is 7. The summed E-state index contributed by atoms with van der Waals surface area (Å²) < 4.78 is 17.8. The fraction of sp³-hybridized carbons (Fsp3) is 0.182. The van der Waals surface area contributed by atoms with Gasteiger partial charge in [0.1, 0.15) is 5.82 Å². The van der Waals surface area contributed by atoms with Crippen molar-refractivity contribution in [3.63, 3.8) is 0 Å². The van der Waals surface area contributed by atoms with Gasteiger partial charge in [0.15, 0.2) is 11.5 Å². The molecule has 166 valence electrons. The van der Waals surface area contributed by atoms with Crippen molar-refractivity contribution in [3.8, 4) is 16.3 Å². The van der Waals surface area contributed by atoms with Crippen molar-refractivity contribution in [2.24, 2.45) is 0 Å². The van der Waals surface area contributed by atoms with Gasteiger partial charge in [-0.3, -0.25) is 4.79 Å². The van der Waals surface area contributed by atoms with Crippen molar-refractivity contribution in [1.29, 1.82) is 0 Å². The third-order valence-corrected chi connectivity index (χ3v) is 6.03. The first-order chi connectivity index (χ1) is 15.9. The molecule has 0 saturated heterocycles. The van der Waals surface area contributed by atoms with Gasteiger partial charge in [0, 0.05) is 6.04 Å². The van der Waals surface area contributed by atoms with Crippen LogP contribution in [0, 0.1) is 12.7 Å². The van der Waals surface area contributed by atoms with Gasteiger partial charge in [-0.15, -0.1) is 16.4 Å². The Morgan fingerprint density at radius 1 is 1.21 bits per heavy atom. The van der Waals surface area contributed by atoms with E-state index in [0.29, 0.717) is 33.8 Å². The minimum absolute atomic E-state index is 0.0197. The smallest absolute Gasteiger partial charge is 0.256 e. The van der Waals surface area contributed by atoms with Crippen molar-refractivity contribution >= 4 is 34.0 Å². The number of amides is 1. The molecule has 0 bridgehead atoms. The summed E-state index contributed by atoms with van der Waals surface area (Å²) in [5.74, 6) is -0.496. The monoisotopic (exact) mass is 462 g/mol. The van der Waals surface area contributed by atoms with Crippen LogP contribution >= 0.6 is 11.3 Å². The highest BCUT2D eigenvalue weighted by molar-refractivity contribution is 7.13. The summed E-state index contributed by atoms with van der Waals surface area (Å²) in [7, 11) is 0. The molecular weight excluding hydrogens is 443 g/mol. The van der Waals surface area contributed by atoms with Gasteiger partial charge in [-0.2, -0.15) is 9.78 Å². The van der Waals surface area contributed by atoms with Gasteiger partial charge in [-0.1, -0.05) is 6.07 Å². The summed E-state index contributed by atoms with van der Waals surface area (Å²) in [5.41, 5.74) is 2.16. The number of nitrogens with zero attached hydrogens (tertiary/aromatic N) is 7. The summed E-state index contributed by atoms with van der Waals surface area (Å²) >= 11 is 1.52. The lowest BCUT2D eigenvalue weighted by atomic mass is 10.1. The number of benzene rings is 1. The van der Waals surface area contributed by atoms with Gasteiger partial charge in [0.2, 0.25) is 0 Å². The van der Waals surface area contributed by atoms with Crippen LogP contribution in [0.25, 0.3) is 27.3 Å². The maximum Gasteiger partial charge on any atom is 0.256 e. The fourth-order valence-electron chi connectivity index (χ4n) is 3.54. The van der Waals surface area contributed by atoms with E-state index in [9.17, 15) is 9.18 Å². The molecule has 4 aromatic heterocycles. The third kappa shape index (κ3) is 3.76. The van der Waals surface area contributed by atoms with Gasteiger partial charge in [0.25, 0.3) is 5.91 Å². The van der Waals surface area contributed by atoms with E-state index in [1.807, 2.05) is 31.4 Å². The van der Waals surface area contributed by atoms with E-state index in [1.54, 1.807) is 29.9 Å². The van der Waals surface area contributed by atoms with Gasteiger partial charge < -0.3 is 5.32 Å². The van der Waals surface area contributed by atoms with Crippen LogP contribution in [-0.4, -0.2) is 40.9 Å². The number of aryl methyl sites for hydroxylation is 1. The average Bonchev–Trinajstić information content (AvgIpc) is 3.55. The minimum atomic E-state index is -0.570. The number of thiophene rings is 1. The Morgan fingerprint density at radius 3 is 2.76 bits per heavy atom. The Balaban J connectivity index is 1.58. The van der Waals surface area contributed by atoms with Crippen molar-refractivity contribution in [3.05, 3.63) is 65.2 Å². The third-order valence-electron chi connectivity index (χ3n) is 5.14. The Kier molecular flexibility index (Phi) is 5.17. The summed E-state index contributed by atoms with van der Waals surface area (Å²) in [4.78, 5) is 19.0. The van der Waals surface area contributed by atoms with Crippen LogP contribution in [0.2, 0.25) is 0 Å². The number of carbonyl (C=O) groups excluding carboxylic acids is 1. The highest BCUT2D eigenvalue weighted by atomic mass is 32.1. The van der Waals surface area contributed by atoms with Crippen LogP contribution in [0.4, 0.5) is 10.1 Å². The standard InChI is InChI=1S/C22H19FN8OS/c1-12(2)30-21-16(11-24-30)15(10-19(25-21)20-5-4-8-33-20)22(32)26-18-9-14(6-7-17(18)23)31-13(3)27-28-29-31/h4-12H,1-3H3,(H,26,32). The second-order valence-electron chi connectivity index (χ2n) is 7.71. The number of halogens is 1. The van der Waals surface area contributed by atoms with E-state index in [1.165, 1.54) is 28.2 Å². The first-order valence-electron chi connectivity index (χ1n) is 10.2. The molecule has 1 amide bonds. The number of anilines is 1. The molecule has 1 N–H and O–H groups in total. The predicted octanol–water partition coefficient (Wildman–Crippen LogP) is 4.42. The van der Waals surface area contributed by atoms with Crippen LogP contribution in [0.15, 0.2) is 48.0 Å². The first-order valence-corrected chi connectivity index (χ1v) is 11.1. The molecular formula is C22H19FN8OS. The van der Waals surface area contributed by atoms with E-state index < -0.39 is 11.7 Å². The average molecular weight is 463 g/mol. The molecule has 0 unspecified atom stereocenters. The highest BCUT2D eigenvalue weighted by Gasteiger charge is 2.20. The molecule has 0 saturated carbocycles. The molecule has 0 aliphatic carbocycles. The zero-order chi connectivity index (χ0) is 23.1. The van der Waals surface area contributed by atoms with Crippen LogP contribution in [0.5, 0.6) is 0 Å². The number of aromatic nitrogens is 7. The molecule has 0 spiro atoms. The molecule has 0 atom stereocenters. The van der Waals surface area contributed by atoms with Crippen molar-refractivity contribution in [2.75, 3.05) is 5.32 Å². The fourth-order valence-corrected chi connectivity index (χ4v) is 4.22. The molecule has 4 heterocycles. The maximum atomic E-state index is 14.6. The molecule has 11 heteroatoms. The van der Waals surface area contributed by atoms with E-state index >= 15 is 0 Å². The number of rotatable bonds is 5. The number of fused-ring (bicyclic) bond motifs is 1. The lowest BCUT2D eigenvalue weighted by Gasteiger charge is -2.12. The summed E-state index contributed by atoms with van der Waals surface area (Å²) in [6, 6.07) is 9.93. The SMILES string of the molecule is Cc1nnnn1-c1ccc(F)c(NC(=O)c2cc(-c3cccs3)nc3c2cnn3C(C)C)c1. The number of nitrogens with one attached hydrogen (secondary N) is 1. The summed E-state index contributed by atoms with van der Waals surface area (Å²) in [5, 5.41) is 21.0. The zero-order valence-electron chi connectivity index (χ0n) is 18.0. The van der Waals surface area contributed by atoms with Gasteiger partial charge in [-0.05, 0) is 66.9 Å². The lowest BCUT2D eigenvalue weighted by Crippen LogP contribution is -2.15. The molecule has 5 rings (SSSR count). The molecule has 0 fully saturated rings. The second kappa shape index (κ2) is 8.17. The van der Waals surface area contributed by atoms with Crippen LogP contribution in [-0.2, 0) is 0 Å². The number of carbonyl (C=O) groups is 1. The van der Waals surface area contributed by atoms with Crippen molar-refractivity contribution in [2.45, 2.75) is 26.8 Å². The largest absolute Gasteiger partial charge is 0.319 e. The molecule has 0 aliphatic rings. The number of hydrogen-bond donors (Lipinski definition) is 1. The van der Waals surface area contributed by atoms with Crippen LogP contribution in [0.3, 0.4) is 0 Å².